The van der Waals surface area contributed by atoms with Crippen LogP contribution in [0, 0.1) is 0 Å². The van der Waals surface area contributed by atoms with Gasteiger partial charge in [0.25, 0.3) is 11.5 Å². The quantitative estimate of drug-likeness (QED) is 0.113. The number of anilines is 2. The van der Waals surface area contributed by atoms with Crippen molar-refractivity contribution in [2.24, 2.45) is 0 Å². The minimum absolute atomic E-state index is 0.0337. The van der Waals surface area contributed by atoms with Crippen molar-refractivity contribution in [1.29, 1.82) is 0 Å². The highest BCUT2D eigenvalue weighted by Gasteiger charge is 2.69. The van der Waals surface area contributed by atoms with Crippen molar-refractivity contribution in [3.05, 3.63) is 52.1 Å². The molecule has 0 saturated carbocycles. The molecule has 262 valence electrons. The molecular formula is C30H32N10O9S. The molecule has 20 heteroatoms. The number of nitrogen functional groups attached to an aromatic ring is 1. The van der Waals surface area contributed by atoms with E-state index in [2.05, 4.69) is 35.9 Å². The van der Waals surface area contributed by atoms with Crippen molar-refractivity contribution in [3.8, 4) is 0 Å². The summed E-state index contributed by atoms with van der Waals surface area (Å²) in [5, 5.41) is 26.6. The van der Waals surface area contributed by atoms with E-state index in [0.717, 1.165) is 11.8 Å². The maximum Gasteiger partial charge on any atom is 0.327 e. The molecule has 0 aliphatic carbocycles. The van der Waals surface area contributed by atoms with E-state index in [1.165, 1.54) is 35.1 Å². The Kier molecular flexibility index (Phi) is 9.14. The third kappa shape index (κ3) is 6.29. The molecule has 3 fully saturated rings. The second kappa shape index (κ2) is 13.3. The Morgan fingerprint density at radius 2 is 1.82 bits per heavy atom. The fourth-order valence-corrected chi connectivity index (χ4v) is 7.84. The number of carbonyl (C=O) groups is 6. The van der Waals surface area contributed by atoms with Gasteiger partial charge in [0.15, 0.2) is 11.2 Å². The van der Waals surface area contributed by atoms with Gasteiger partial charge in [0.05, 0.1) is 24.5 Å². The monoisotopic (exact) mass is 708 g/mol. The highest BCUT2D eigenvalue weighted by Crippen LogP contribution is 2.50. The van der Waals surface area contributed by atoms with Crippen LogP contribution in [0.1, 0.15) is 48.7 Å². The van der Waals surface area contributed by atoms with Gasteiger partial charge in [-0.25, -0.2) is 19.6 Å². The van der Waals surface area contributed by atoms with Gasteiger partial charge in [-0.1, -0.05) is 11.8 Å². The number of ketones is 1. The summed E-state index contributed by atoms with van der Waals surface area (Å²) in [6.45, 7) is 1.73. The summed E-state index contributed by atoms with van der Waals surface area (Å²) in [5.74, 6) is -4.35. The number of Topliss-reactive ketones (excluding diaryl/α,β-unsaturated/α-hetero) is 1. The van der Waals surface area contributed by atoms with Gasteiger partial charge in [-0.05, 0) is 44.0 Å². The van der Waals surface area contributed by atoms with E-state index in [1.54, 1.807) is 12.1 Å². The lowest BCUT2D eigenvalue weighted by molar-refractivity contribution is -0.149. The van der Waals surface area contributed by atoms with Crippen molar-refractivity contribution in [1.82, 2.24) is 40.4 Å². The summed E-state index contributed by atoms with van der Waals surface area (Å²) in [5.41, 5.74) is 6.37. The van der Waals surface area contributed by atoms with Crippen LogP contribution in [0.15, 0.2) is 35.3 Å². The fraction of sp³-hybridized carbons (Fsp3) is 0.400. The summed E-state index contributed by atoms with van der Waals surface area (Å²) in [7, 11) is 0. The van der Waals surface area contributed by atoms with Crippen LogP contribution in [0.5, 0.6) is 0 Å². The van der Waals surface area contributed by atoms with E-state index in [-0.39, 0.29) is 66.4 Å². The third-order valence-electron chi connectivity index (χ3n) is 8.71. The zero-order valence-corrected chi connectivity index (χ0v) is 27.2. The number of carboxylic acid groups (broad SMARTS) is 2. The number of benzene rings is 1. The van der Waals surface area contributed by atoms with Gasteiger partial charge in [0, 0.05) is 29.8 Å². The molecule has 6 rings (SSSR count). The molecule has 4 unspecified atom stereocenters. The van der Waals surface area contributed by atoms with Crippen LogP contribution in [0.2, 0.25) is 0 Å². The zero-order chi connectivity index (χ0) is 35.9. The first-order valence-corrected chi connectivity index (χ1v) is 16.5. The van der Waals surface area contributed by atoms with Crippen LogP contribution < -0.4 is 27.2 Å². The van der Waals surface area contributed by atoms with Crippen LogP contribution in [0.25, 0.3) is 11.2 Å². The number of carbonyl (C=O) groups excluding carboxylic acids is 4. The molecule has 3 saturated heterocycles. The molecule has 5 heterocycles. The second-order valence-electron chi connectivity index (χ2n) is 12.0. The number of thioether (sulfide) groups is 1. The summed E-state index contributed by atoms with van der Waals surface area (Å²) < 4.78 is 0. The number of fused-ring (bicyclic) bond motifs is 1. The van der Waals surface area contributed by atoms with E-state index < -0.39 is 64.5 Å². The van der Waals surface area contributed by atoms with Crippen molar-refractivity contribution >= 4 is 70.0 Å². The Morgan fingerprint density at radius 3 is 2.52 bits per heavy atom. The van der Waals surface area contributed by atoms with Crippen molar-refractivity contribution < 1.29 is 39.0 Å². The second-order valence-corrected chi connectivity index (χ2v) is 13.1. The van der Waals surface area contributed by atoms with E-state index in [4.69, 9.17) is 5.73 Å². The number of aromatic nitrogens is 4. The lowest BCUT2D eigenvalue weighted by atomic mass is 10.0. The highest BCUT2D eigenvalue weighted by atomic mass is 32.2. The predicted octanol–water partition coefficient (Wildman–Crippen LogP) is -0.938. The molecule has 3 aromatic rings. The summed E-state index contributed by atoms with van der Waals surface area (Å²) in [6, 6.07) is 2.01. The predicted molar refractivity (Wildman–Crippen MR) is 175 cm³/mol. The van der Waals surface area contributed by atoms with Crippen molar-refractivity contribution in [2.45, 2.75) is 68.4 Å². The van der Waals surface area contributed by atoms with Gasteiger partial charge in [0.2, 0.25) is 22.9 Å². The van der Waals surface area contributed by atoms with E-state index in [9.17, 15) is 43.8 Å². The largest absolute Gasteiger partial charge is 0.480 e. The molecule has 8 N–H and O–H groups in total. The van der Waals surface area contributed by atoms with Crippen molar-refractivity contribution in [3.63, 3.8) is 0 Å². The lowest BCUT2D eigenvalue weighted by Gasteiger charge is -2.33. The van der Waals surface area contributed by atoms with Gasteiger partial charge in [-0.2, -0.15) is 4.98 Å². The van der Waals surface area contributed by atoms with Gasteiger partial charge in [0.1, 0.15) is 23.9 Å². The molecule has 50 heavy (non-hydrogen) atoms. The Bertz CT molecular complexity index is 1970. The molecule has 19 nitrogen and oxygen atoms in total. The first kappa shape index (κ1) is 34.2. The molecule has 2 aromatic heterocycles. The maximum absolute atomic E-state index is 13.2. The van der Waals surface area contributed by atoms with E-state index in [1.807, 2.05) is 0 Å². The molecule has 5 atom stereocenters. The highest BCUT2D eigenvalue weighted by molar-refractivity contribution is 8.00. The van der Waals surface area contributed by atoms with Crippen LogP contribution in [0.4, 0.5) is 11.6 Å². The Hall–Kier alpha value is -5.63. The number of nitrogens with zero attached hydrogens (tertiary/aromatic N) is 5. The van der Waals surface area contributed by atoms with Crippen molar-refractivity contribution in [2.75, 3.05) is 16.8 Å². The maximum atomic E-state index is 13.2. The van der Waals surface area contributed by atoms with Crippen LogP contribution in [0.3, 0.4) is 0 Å². The molecule has 0 radical (unpaired) electrons. The Labute approximate surface area is 286 Å². The molecule has 3 aliphatic rings. The van der Waals surface area contributed by atoms with Crippen LogP contribution in [-0.2, 0) is 30.5 Å². The number of nitrogens with two attached hydrogens (primary N) is 1. The normalized spacial score (nSPS) is 23.1. The fourth-order valence-electron chi connectivity index (χ4n) is 6.19. The standard InChI is InChI=1S/C30H32N10O9S/c1-13-25(44)40-20(28(48)49)12-50-30(40)38-18(26(45)39(13)30)8-6-17(41)7-9-19(27(46)47)35-23(42)14-2-4-15(5-3-14)32-10-16-11-33-22-21(34-16)24(43)37-29(31)36-22/h2-5,11,13,18-20,32,38H,6-10,12H2,1H3,(H,35,42)(H,46,47)(H,48,49)(H3,31,33,36,37,43)/t13?,18?,19?,20?,30-/m0/s1. The molecule has 1 spiro atoms. The first-order valence-electron chi connectivity index (χ1n) is 15.5. The summed E-state index contributed by atoms with van der Waals surface area (Å²) >= 11 is 1.14. The average molecular weight is 709 g/mol. The molecule has 3 aliphatic heterocycles. The number of aromatic amines is 1. The third-order valence-corrected chi connectivity index (χ3v) is 10.1. The molecule has 1 aromatic carbocycles. The lowest BCUT2D eigenvalue weighted by Crippen LogP contribution is -2.57. The number of rotatable bonds is 13. The number of amides is 3. The smallest absolute Gasteiger partial charge is 0.327 e. The van der Waals surface area contributed by atoms with Crippen LogP contribution >= 0.6 is 11.8 Å². The Morgan fingerprint density at radius 1 is 1.08 bits per heavy atom. The minimum atomic E-state index is -1.36. The van der Waals surface area contributed by atoms with E-state index in [0.29, 0.717) is 11.4 Å². The minimum Gasteiger partial charge on any atom is -0.480 e. The average Bonchev–Trinajstić information content (AvgIpc) is 3.66. The number of H-pyrrole nitrogens is 1. The number of nitrogens with one attached hydrogen (secondary N) is 4. The Balaban J connectivity index is 0.984. The van der Waals surface area contributed by atoms with Gasteiger partial charge in [-0.15, -0.1) is 0 Å². The number of hydrogen-bond donors (Lipinski definition) is 7. The van der Waals surface area contributed by atoms with Crippen LogP contribution in [-0.4, -0.2) is 110 Å². The summed E-state index contributed by atoms with van der Waals surface area (Å²) in [4.78, 5) is 105. The first-order chi connectivity index (χ1) is 23.8. The van der Waals surface area contributed by atoms with Gasteiger partial charge in [-0.3, -0.25) is 44.1 Å². The molecular weight excluding hydrogens is 676 g/mol. The number of hydrogen-bond acceptors (Lipinski definition) is 14. The van der Waals surface area contributed by atoms with Gasteiger partial charge >= 0.3 is 11.9 Å². The van der Waals surface area contributed by atoms with E-state index >= 15 is 0 Å². The zero-order valence-electron chi connectivity index (χ0n) is 26.4. The van der Waals surface area contributed by atoms with Gasteiger partial charge < -0.3 is 26.6 Å². The SMILES string of the molecule is CC1C(=O)N2C(C(=O)O)CS[C@]23NC(CCC(=O)CCC(NC(=O)c2ccc(NCc4cnc5nc(N)[nH]c(=O)c5n4)cc2)C(=O)O)C(=O)N13. The topological polar surface area (TPSA) is 283 Å². The molecule has 0 bridgehead atoms. The molecule has 3 amide bonds. The number of carboxylic acids is 2. The summed E-state index contributed by atoms with van der Waals surface area (Å²) in [6.07, 6.45) is 1.06. The number of aliphatic carboxylic acids is 2.